The lowest BCUT2D eigenvalue weighted by Gasteiger charge is -2.16. The molecule has 3 aromatic rings. The molecule has 0 aliphatic heterocycles. The minimum absolute atomic E-state index is 0.106. The van der Waals surface area contributed by atoms with Crippen molar-refractivity contribution < 1.29 is 14.5 Å². The predicted octanol–water partition coefficient (Wildman–Crippen LogP) is 3.45. The molecule has 0 bridgehead atoms. The molecule has 1 aromatic heterocycles. The van der Waals surface area contributed by atoms with Crippen LogP contribution in [-0.4, -0.2) is 22.1 Å². The second-order valence-electron chi connectivity index (χ2n) is 6.11. The van der Waals surface area contributed by atoms with Crippen LogP contribution < -0.4 is 5.43 Å². The van der Waals surface area contributed by atoms with E-state index in [-0.39, 0.29) is 29.7 Å². The van der Waals surface area contributed by atoms with Crippen molar-refractivity contribution in [2.24, 2.45) is 0 Å². The van der Waals surface area contributed by atoms with Crippen LogP contribution in [-0.2, 0) is 16.1 Å². The quantitative estimate of drug-likeness (QED) is 0.392. The zero-order valence-corrected chi connectivity index (χ0v) is 15.0. The van der Waals surface area contributed by atoms with E-state index in [1.54, 1.807) is 11.5 Å². The van der Waals surface area contributed by atoms with E-state index in [0.717, 1.165) is 11.1 Å². The molecule has 0 aliphatic rings. The molecule has 2 aromatic carbocycles. The summed E-state index contributed by atoms with van der Waals surface area (Å²) in [4.78, 5) is 35.2. The Morgan fingerprint density at radius 1 is 1.15 bits per heavy atom. The van der Waals surface area contributed by atoms with Crippen LogP contribution in [0, 0.1) is 17.0 Å². The summed E-state index contributed by atoms with van der Waals surface area (Å²) < 4.78 is 6.71. The Hall–Kier alpha value is -3.48. The number of non-ortho nitro benzene ring substituents is 1. The summed E-state index contributed by atoms with van der Waals surface area (Å²) in [7, 11) is 0. The van der Waals surface area contributed by atoms with Crippen LogP contribution in [0.15, 0.2) is 53.3 Å². The number of benzene rings is 2. The number of fused-ring (bicyclic) bond motifs is 1. The average molecular weight is 366 g/mol. The summed E-state index contributed by atoms with van der Waals surface area (Å²) in [5, 5.41) is 11.2. The first kappa shape index (κ1) is 18.3. The molecule has 3 rings (SSSR count). The number of nitrogens with zero attached hydrogens (tertiary/aromatic N) is 2. The second kappa shape index (κ2) is 7.41. The highest BCUT2D eigenvalue weighted by Crippen LogP contribution is 2.25. The first-order chi connectivity index (χ1) is 12.9. The Balaban J connectivity index is 2.28. The number of carbonyl (C=O) groups is 1. The van der Waals surface area contributed by atoms with E-state index in [9.17, 15) is 19.7 Å². The largest absolute Gasteiger partial charge is 0.465 e. The third-order valence-electron chi connectivity index (χ3n) is 4.25. The van der Waals surface area contributed by atoms with Gasteiger partial charge in [0.25, 0.3) is 5.69 Å². The van der Waals surface area contributed by atoms with Gasteiger partial charge in [-0.05, 0) is 25.5 Å². The first-order valence-electron chi connectivity index (χ1n) is 8.45. The van der Waals surface area contributed by atoms with Crippen LogP contribution in [0.3, 0.4) is 0 Å². The molecule has 7 nitrogen and oxygen atoms in total. The van der Waals surface area contributed by atoms with Gasteiger partial charge < -0.3 is 9.30 Å². The van der Waals surface area contributed by atoms with Crippen molar-refractivity contribution >= 4 is 22.6 Å². The topological polar surface area (TPSA) is 91.4 Å². The van der Waals surface area contributed by atoms with Crippen LogP contribution in [0.25, 0.3) is 22.2 Å². The van der Waals surface area contributed by atoms with E-state index in [2.05, 4.69) is 0 Å². The maximum atomic E-state index is 12.6. The van der Waals surface area contributed by atoms with Gasteiger partial charge in [0.05, 0.1) is 28.1 Å². The fourth-order valence-electron chi connectivity index (χ4n) is 2.95. The number of aromatic nitrogens is 1. The number of nitro benzene ring substituents is 1. The molecule has 0 atom stereocenters. The molecule has 138 valence electrons. The molecular weight excluding hydrogens is 348 g/mol. The van der Waals surface area contributed by atoms with E-state index in [1.807, 2.05) is 31.2 Å². The van der Waals surface area contributed by atoms with Gasteiger partial charge >= 0.3 is 5.97 Å². The number of ether oxygens (including phenoxy) is 1. The lowest BCUT2D eigenvalue weighted by Crippen LogP contribution is -2.19. The number of hydrogen-bond acceptors (Lipinski definition) is 5. The maximum absolute atomic E-state index is 12.6. The minimum Gasteiger partial charge on any atom is -0.465 e. The van der Waals surface area contributed by atoms with E-state index in [1.165, 1.54) is 24.3 Å². The van der Waals surface area contributed by atoms with Crippen molar-refractivity contribution in [2.45, 2.75) is 20.4 Å². The Morgan fingerprint density at radius 3 is 2.48 bits per heavy atom. The summed E-state index contributed by atoms with van der Waals surface area (Å²) in [6.45, 7) is 3.80. The molecule has 0 aliphatic carbocycles. The number of aryl methyl sites for hydroxylation is 1. The van der Waals surface area contributed by atoms with Gasteiger partial charge in [-0.25, -0.2) is 0 Å². The molecule has 1 heterocycles. The molecule has 7 heteroatoms. The van der Waals surface area contributed by atoms with Gasteiger partial charge in [0, 0.05) is 18.2 Å². The van der Waals surface area contributed by atoms with Crippen molar-refractivity contribution in [3.8, 4) is 11.3 Å². The summed E-state index contributed by atoms with van der Waals surface area (Å²) >= 11 is 0. The highest BCUT2D eigenvalue weighted by molar-refractivity contribution is 5.86. The van der Waals surface area contributed by atoms with E-state index >= 15 is 0 Å². The zero-order valence-electron chi connectivity index (χ0n) is 15.0. The van der Waals surface area contributed by atoms with Crippen molar-refractivity contribution in [3.63, 3.8) is 0 Å². The molecular formula is C20H18N2O5. The van der Waals surface area contributed by atoms with Gasteiger partial charge in [-0.1, -0.05) is 29.8 Å². The highest BCUT2D eigenvalue weighted by Gasteiger charge is 2.17. The van der Waals surface area contributed by atoms with Crippen LogP contribution in [0.5, 0.6) is 0 Å². The number of hydrogen-bond donors (Lipinski definition) is 0. The van der Waals surface area contributed by atoms with Crippen molar-refractivity contribution in [2.75, 3.05) is 6.61 Å². The second-order valence-corrected chi connectivity index (χ2v) is 6.11. The third-order valence-corrected chi connectivity index (χ3v) is 4.25. The van der Waals surface area contributed by atoms with Crippen LogP contribution in [0.4, 0.5) is 5.69 Å². The average Bonchev–Trinajstić information content (AvgIpc) is 2.64. The Bertz CT molecular complexity index is 1080. The van der Waals surface area contributed by atoms with Gasteiger partial charge in [-0.15, -0.1) is 0 Å². The van der Waals surface area contributed by atoms with Gasteiger partial charge in [-0.2, -0.15) is 0 Å². The standard InChI is InChI=1S/C20H18N2O5/c1-3-27-20(24)12-21-17-9-8-15(22(25)26)10-16(17)19(23)11-18(21)14-6-4-13(2)5-7-14/h4-11H,3,12H2,1-2H3. The minimum atomic E-state index is -0.553. The summed E-state index contributed by atoms with van der Waals surface area (Å²) in [5.41, 5.74) is 2.30. The third kappa shape index (κ3) is 3.72. The van der Waals surface area contributed by atoms with Gasteiger partial charge in [0.1, 0.15) is 6.54 Å². The molecule has 0 saturated heterocycles. The van der Waals surface area contributed by atoms with E-state index < -0.39 is 10.9 Å². The molecule has 0 radical (unpaired) electrons. The van der Waals surface area contributed by atoms with Crippen molar-refractivity contribution in [1.82, 2.24) is 4.57 Å². The lowest BCUT2D eigenvalue weighted by molar-refractivity contribution is -0.384. The Morgan fingerprint density at radius 2 is 1.85 bits per heavy atom. The number of rotatable bonds is 5. The molecule has 0 fully saturated rings. The maximum Gasteiger partial charge on any atom is 0.325 e. The fraction of sp³-hybridized carbons (Fsp3) is 0.200. The molecule has 0 N–H and O–H groups in total. The number of pyridine rings is 1. The molecule has 0 unspecified atom stereocenters. The summed E-state index contributed by atoms with van der Waals surface area (Å²) in [6.07, 6.45) is 0. The highest BCUT2D eigenvalue weighted by atomic mass is 16.6. The normalized spacial score (nSPS) is 10.7. The predicted molar refractivity (Wildman–Crippen MR) is 102 cm³/mol. The van der Waals surface area contributed by atoms with Crippen LogP contribution in [0.1, 0.15) is 12.5 Å². The lowest BCUT2D eigenvalue weighted by atomic mass is 10.1. The Labute approximate surface area is 155 Å². The van der Waals surface area contributed by atoms with Gasteiger partial charge in [0.15, 0.2) is 5.43 Å². The number of carbonyl (C=O) groups excluding carboxylic acids is 1. The Kier molecular flexibility index (Phi) is 5.03. The van der Waals surface area contributed by atoms with E-state index in [4.69, 9.17) is 4.74 Å². The van der Waals surface area contributed by atoms with Crippen molar-refractivity contribution in [3.05, 3.63) is 74.4 Å². The van der Waals surface area contributed by atoms with Crippen LogP contribution >= 0.6 is 0 Å². The first-order valence-corrected chi connectivity index (χ1v) is 8.45. The molecule has 27 heavy (non-hydrogen) atoms. The fourth-order valence-corrected chi connectivity index (χ4v) is 2.95. The van der Waals surface area contributed by atoms with E-state index in [0.29, 0.717) is 11.2 Å². The molecule has 0 amide bonds. The summed E-state index contributed by atoms with van der Waals surface area (Å²) in [6, 6.07) is 13.0. The molecule has 0 saturated carbocycles. The molecule has 0 spiro atoms. The van der Waals surface area contributed by atoms with Gasteiger partial charge in [0.2, 0.25) is 0 Å². The SMILES string of the molecule is CCOC(=O)Cn1c(-c2ccc(C)cc2)cc(=O)c2cc([N+](=O)[O-])ccc21. The number of esters is 1. The van der Waals surface area contributed by atoms with Crippen molar-refractivity contribution in [1.29, 1.82) is 0 Å². The number of nitro groups is 1. The zero-order chi connectivity index (χ0) is 19.6. The summed E-state index contributed by atoms with van der Waals surface area (Å²) in [5.74, 6) is -0.450. The monoisotopic (exact) mass is 366 g/mol. The smallest absolute Gasteiger partial charge is 0.325 e. The van der Waals surface area contributed by atoms with Gasteiger partial charge in [-0.3, -0.25) is 19.7 Å². The van der Waals surface area contributed by atoms with Crippen LogP contribution in [0.2, 0.25) is 0 Å².